The van der Waals surface area contributed by atoms with Crippen molar-refractivity contribution in [1.29, 1.82) is 0 Å². The number of thiazole rings is 1. The highest BCUT2D eigenvalue weighted by Crippen LogP contribution is 2.31. The van der Waals surface area contributed by atoms with Gasteiger partial charge in [0.15, 0.2) is 6.61 Å². The van der Waals surface area contributed by atoms with Gasteiger partial charge < -0.3 is 18.6 Å². The van der Waals surface area contributed by atoms with Gasteiger partial charge in [0, 0.05) is 21.7 Å². The molecule has 0 aliphatic rings. The maximum atomic E-state index is 12.2. The van der Waals surface area contributed by atoms with Crippen LogP contribution in [0.5, 0.6) is 11.5 Å². The number of benzene rings is 3. The Morgan fingerprint density at radius 1 is 0.969 bits per heavy atom. The molecule has 0 saturated carbocycles. The topological polar surface area (TPSA) is 70.8 Å². The molecule has 160 valence electrons. The second-order valence-corrected chi connectivity index (χ2v) is 7.94. The van der Waals surface area contributed by atoms with E-state index in [1.54, 1.807) is 13.2 Å². The number of hydrogen-bond donors (Lipinski definition) is 0. The molecule has 5 aromatic rings. The minimum Gasteiger partial charge on any atom is -0.497 e. The van der Waals surface area contributed by atoms with Gasteiger partial charge in [-0.25, -0.2) is 9.78 Å². The Morgan fingerprint density at radius 3 is 2.75 bits per heavy atom. The van der Waals surface area contributed by atoms with E-state index in [0.29, 0.717) is 11.4 Å². The van der Waals surface area contributed by atoms with Gasteiger partial charge in [0.2, 0.25) is 0 Å². The van der Waals surface area contributed by atoms with Crippen LogP contribution in [0.3, 0.4) is 0 Å². The van der Waals surface area contributed by atoms with Gasteiger partial charge in [-0.15, -0.1) is 11.3 Å². The number of methoxy groups -OCH3 is 1. The van der Waals surface area contributed by atoms with E-state index in [9.17, 15) is 4.79 Å². The Hall–Kier alpha value is -3.84. The van der Waals surface area contributed by atoms with Gasteiger partial charge in [0.05, 0.1) is 12.8 Å². The molecule has 0 radical (unpaired) electrons. The first kappa shape index (κ1) is 20.1. The van der Waals surface area contributed by atoms with E-state index in [-0.39, 0.29) is 13.2 Å². The van der Waals surface area contributed by atoms with E-state index in [0.717, 1.165) is 38.3 Å². The molecule has 0 atom stereocenters. The van der Waals surface area contributed by atoms with Crippen molar-refractivity contribution in [2.45, 2.75) is 6.61 Å². The van der Waals surface area contributed by atoms with Gasteiger partial charge >= 0.3 is 5.97 Å². The monoisotopic (exact) mass is 445 g/mol. The van der Waals surface area contributed by atoms with Crippen LogP contribution in [0.15, 0.2) is 76.5 Å². The molecule has 0 aliphatic carbocycles. The second kappa shape index (κ2) is 8.72. The molecule has 7 heteroatoms. The highest BCUT2D eigenvalue weighted by Gasteiger charge is 2.11. The molecular formula is C25H19NO5S. The molecule has 32 heavy (non-hydrogen) atoms. The molecule has 0 fully saturated rings. The number of fused-ring (bicyclic) bond motifs is 3. The van der Waals surface area contributed by atoms with Crippen LogP contribution < -0.4 is 9.47 Å². The zero-order valence-corrected chi connectivity index (χ0v) is 18.1. The fourth-order valence-corrected chi connectivity index (χ4v) is 4.20. The number of hydrogen-bond acceptors (Lipinski definition) is 7. The first-order chi connectivity index (χ1) is 15.7. The van der Waals surface area contributed by atoms with Crippen molar-refractivity contribution in [2.24, 2.45) is 0 Å². The van der Waals surface area contributed by atoms with Crippen molar-refractivity contribution in [2.75, 3.05) is 13.7 Å². The minimum absolute atomic E-state index is 0.0913. The third-order valence-electron chi connectivity index (χ3n) is 4.95. The number of ether oxygens (including phenoxy) is 3. The Kier molecular flexibility index (Phi) is 5.47. The number of carbonyl (C=O) groups excluding carboxylic acids is 1. The standard InChI is InChI=1S/C25H19NO5S/c1-28-18-6-4-5-16(11-18)25-26-17(15-32-25)13-30-24(27)14-29-19-9-10-23-21(12-19)20-7-2-3-8-22(20)31-23/h2-12,15H,13-14H2,1H3. The molecule has 2 heterocycles. The van der Waals surface area contributed by atoms with Crippen LogP contribution in [0.25, 0.3) is 32.5 Å². The zero-order chi connectivity index (χ0) is 21.9. The summed E-state index contributed by atoms with van der Waals surface area (Å²) in [6, 6.07) is 21.0. The van der Waals surface area contributed by atoms with Crippen LogP contribution in [0.4, 0.5) is 0 Å². The van der Waals surface area contributed by atoms with E-state index in [1.165, 1.54) is 11.3 Å². The molecule has 5 rings (SSSR count). The number of rotatable bonds is 7. The highest BCUT2D eigenvalue weighted by atomic mass is 32.1. The molecule has 0 saturated heterocycles. The largest absolute Gasteiger partial charge is 0.497 e. The normalized spacial score (nSPS) is 11.0. The summed E-state index contributed by atoms with van der Waals surface area (Å²) in [6.07, 6.45) is 0. The number of aromatic nitrogens is 1. The third kappa shape index (κ3) is 4.15. The van der Waals surface area contributed by atoms with Gasteiger partial charge in [0.1, 0.15) is 34.3 Å². The fourth-order valence-electron chi connectivity index (χ4n) is 3.40. The summed E-state index contributed by atoms with van der Waals surface area (Å²) in [5.41, 5.74) is 3.23. The summed E-state index contributed by atoms with van der Waals surface area (Å²) >= 11 is 1.49. The Bertz CT molecular complexity index is 1400. The molecule has 2 aromatic heterocycles. The van der Waals surface area contributed by atoms with Crippen molar-refractivity contribution in [3.05, 3.63) is 77.8 Å². The van der Waals surface area contributed by atoms with Crippen LogP contribution in [0.1, 0.15) is 5.69 Å². The van der Waals surface area contributed by atoms with Gasteiger partial charge in [0.25, 0.3) is 0 Å². The second-order valence-electron chi connectivity index (χ2n) is 7.08. The van der Waals surface area contributed by atoms with Gasteiger partial charge in [-0.1, -0.05) is 30.3 Å². The average molecular weight is 445 g/mol. The van der Waals surface area contributed by atoms with Crippen molar-refractivity contribution in [1.82, 2.24) is 4.98 Å². The quantitative estimate of drug-likeness (QED) is 0.293. The Morgan fingerprint density at radius 2 is 1.84 bits per heavy atom. The van der Waals surface area contributed by atoms with Crippen LogP contribution in [-0.4, -0.2) is 24.7 Å². The number of furan rings is 1. The fraction of sp³-hybridized carbons (Fsp3) is 0.120. The predicted molar refractivity (Wildman–Crippen MR) is 123 cm³/mol. The molecule has 0 amide bonds. The summed E-state index contributed by atoms with van der Waals surface area (Å²) < 4.78 is 22.0. The molecule has 0 N–H and O–H groups in total. The average Bonchev–Trinajstić information content (AvgIpc) is 3.46. The smallest absolute Gasteiger partial charge is 0.344 e. The van der Waals surface area contributed by atoms with Crippen LogP contribution in [-0.2, 0) is 16.1 Å². The lowest BCUT2D eigenvalue weighted by Gasteiger charge is -2.06. The maximum absolute atomic E-state index is 12.2. The molecule has 0 bridgehead atoms. The summed E-state index contributed by atoms with van der Waals surface area (Å²) in [7, 11) is 1.63. The number of nitrogens with zero attached hydrogens (tertiary/aromatic N) is 1. The Balaban J connectivity index is 1.19. The van der Waals surface area contributed by atoms with Crippen LogP contribution in [0.2, 0.25) is 0 Å². The SMILES string of the molecule is COc1cccc(-c2nc(COC(=O)COc3ccc4oc5ccccc5c4c3)cs2)c1. The lowest BCUT2D eigenvalue weighted by atomic mass is 10.1. The lowest BCUT2D eigenvalue weighted by molar-refractivity contribution is -0.147. The van der Waals surface area contributed by atoms with Gasteiger partial charge in [-0.05, 0) is 36.4 Å². The van der Waals surface area contributed by atoms with Crippen LogP contribution in [0, 0.1) is 0 Å². The summed E-state index contributed by atoms with van der Waals surface area (Å²) in [6.45, 7) is -0.0950. The maximum Gasteiger partial charge on any atom is 0.344 e. The van der Waals surface area contributed by atoms with E-state index < -0.39 is 5.97 Å². The molecule has 0 aliphatic heterocycles. The van der Waals surface area contributed by atoms with Gasteiger partial charge in [-0.3, -0.25) is 0 Å². The summed E-state index contributed by atoms with van der Waals surface area (Å²) in [5, 5.41) is 4.66. The van der Waals surface area contributed by atoms with Crippen LogP contribution >= 0.6 is 11.3 Å². The molecular weight excluding hydrogens is 426 g/mol. The molecule has 6 nitrogen and oxygen atoms in total. The van der Waals surface area contributed by atoms with Gasteiger partial charge in [-0.2, -0.15) is 0 Å². The molecule has 0 unspecified atom stereocenters. The first-order valence-electron chi connectivity index (χ1n) is 9.98. The number of carbonyl (C=O) groups is 1. The molecule has 0 spiro atoms. The van der Waals surface area contributed by atoms with E-state index >= 15 is 0 Å². The van der Waals surface area contributed by atoms with Crippen molar-refractivity contribution in [3.63, 3.8) is 0 Å². The predicted octanol–water partition coefficient (Wildman–Crippen LogP) is 5.84. The minimum atomic E-state index is -0.460. The number of para-hydroxylation sites is 1. The lowest BCUT2D eigenvalue weighted by Crippen LogP contribution is -2.14. The van der Waals surface area contributed by atoms with Crippen molar-refractivity contribution < 1.29 is 23.4 Å². The summed E-state index contributed by atoms with van der Waals surface area (Å²) in [4.78, 5) is 16.7. The van der Waals surface area contributed by atoms with E-state index in [2.05, 4.69) is 4.98 Å². The number of esters is 1. The third-order valence-corrected chi connectivity index (χ3v) is 5.89. The Labute approximate surface area is 188 Å². The van der Waals surface area contributed by atoms with E-state index in [1.807, 2.05) is 66.0 Å². The van der Waals surface area contributed by atoms with Crippen molar-refractivity contribution in [3.8, 4) is 22.1 Å². The van der Waals surface area contributed by atoms with Crippen molar-refractivity contribution >= 4 is 39.2 Å². The van der Waals surface area contributed by atoms with E-state index in [4.69, 9.17) is 18.6 Å². The molecule has 3 aromatic carbocycles. The highest BCUT2D eigenvalue weighted by molar-refractivity contribution is 7.13. The first-order valence-corrected chi connectivity index (χ1v) is 10.9. The zero-order valence-electron chi connectivity index (χ0n) is 17.2. The summed E-state index contributed by atoms with van der Waals surface area (Å²) in [5.74, 6) is 0.887.